The summed E-state index contributed by atoms with van der Waals surface area (Å²) in [6.07, 6.45) is 5.10. The third-order valence-electron chi connectivity index (χ3n) is 4.78. The third kappa shape index (κ3) is 4.85. The van der Waals surface area contributed by atoms with Gasteiger partial charge in [-0.15, -0.1) is 0 Å². The second kappa shape index (κ2) is 8.98. The fraction of sp³-hybridized carbons (Fsp3) is 0.300. The topological polar surface area (TPSA) is 113 Å². The molecular formula is C20H22N4O4. The number of rotatable bonds is 6. The Labute approximate surface area is 162 Å². The molecule has 1 aliphatic carbocycles. The van der Waals surface area contributed by atoms with Crippen LogP contribution in [-0.4, -0.2) is 16.7 Å². The van der Waals surface area contributed by atoms with E-state index in [9.17, 15) is 19.7 Å². The van der Waals surface area contributed by atoms with Crippen LogP contribution in [0.3, 0.4) is 0 Å². The molecule has 2 aromatic rings. The molecule has 2 amide bonds. The molecule has 1 fully saturated rings. The molecule has 0 saturated heterocycles. The lowest BCUT2D eigenvalue weighted by Crippen LogP contribution is -2.30. The lowest BCUT2D eigenvalue weighted by Gasteiger charge is -2.20. The molecule has 8 nitrogen and oxygen atoms in total. The first-order valence-corrected chi connectivity index (χ1v) is 9.25. The van der Waals surface area contributed by atoms with E-state index in [0.29, 0.717) is 11.3 Å². The molecule has 146 valence electrons. The van der Waals surface area contributed by atoms with Crippen LogP contribution in [0, 0.1) is 16.0 Å². The van der Waals surface area contributed by atoms with Crippen LogP contribution in [0.25, 0.3) is 0 Å². The van der Waals surface area contributed by atoms with Crippen molar-refractivity contribution in [1.29, 1.82) is 0 Å². The second-order valence-corrected chi connectivity index (χ2v) is 6.76. The van der Waals surface area contributed by atoms with Gasteiger partial charge in [-0.3, -0.25) is 30.6 Å². The van der Waals surface area contributed by atoms with Crippen molar-refractivity contribution < 1.29 is 14.5 Å². The van der Waals surface area contributed by atoms with Crippen LogP contribution in [0.15, 0.2) is 48.5 Å². The standard InChI is InChI=1S/C20H22N4O4/c25-19(14-7-2-1-3-8-14)21-16-10-6-9-15(13-16)20(26)23-22-17-11-4-5-12-18(17)24(27)28/h4-6,9-14,22H,1-3,7-8H2,(H,21,25)(H,23,26). The molecule has 28 heavy (non-hydrogen) atoms. The zero-order valence-electron chi connectivity index (χ0n) is 15.3. The molecule has 0 aromatic heterocycles. The van der Waals surface area contributed by atoms with Gasteiger partial charge in [0.05, 0.1) is 4.92 Å². The number of para-hydroxylation sites is 2. The number of amides is 2. The van der Waals surface area contributed by atoms with Crippen molar-refractivity contribution in [3.63, 3.8) is 0 Å². The van der Waals surface area contributed by atoms with Crippen LogP contribution in [-0.2, 0) is 4.79 Å². The van der Waals surface area contributed by atoms with E-state index in [1.807, 2.05) is 0 Å². The molecule has 0 radical (unpaired) electrons. The largest absolute Gasteiger partial charge is 0.326 e. The Kier molecular flexibility index (Phi) is 6.21. The van der Waals surface area contributed by atoms with Gasteiger partial charge in [-0.25, -0.2) is 0 Å². The molecule has 0 aliphatic heterocycles. The van der Waals surface area contributed by atoms with Gasteiger partial charge in [-0.2, -0.15) is 0 Å². The maximum Gasteiger partial charge on any atom is 0.294 e. The summed E-state index contributed by atoms with van der Waals surface area (Å²) in [5.74, 6) is -0.464. The Morgan fingerprint density at radius 3 is 2.50 bits per heavy atom. The van der Waals surface area contributed by atoms with E-state index in [1.54, 1.807) is 36.4 Å². The molecular weight excluding hydrogens is 360 g/mol. The van der Waals surface area contributed by atoms with Gasteiger partial charge in [0.1, 0.15) is 5.69 Å². The van der Waals surface area contributed by atoms with Crippen molar-refractivity contribution in [3.8, 4) is 0 Å². The molecule has 8 heteroatoms. The number of hydrogen-bond donors (Lipinski definition) is 3. The van der Waals surface area contributed by atoms with Crippen LogP contribution in [0.4, 0.5) is 17.1 Å². The highest BCUT2D eigenvalue weighted by atomic mass is 16.6. The first kappa shape index (κ1) is 19.3. The summed E-state index contributed by atoms with van der Waals surface area (Å²) in [5, 5.41) is 13.9. The number of nitrogens with one attached hydrogen (secondary N) is 3. The summed E-state index contributed by atoms with van der Waals surface area (Å²) in [6.45, 7) is 0. The Morgan fingerprint density at radius 1 is 1.00 bits per heavy atom. The van der Waals surface area contributed by atoms with Crippen LogP contribution in [0.5, 0.6) is 0 Å². The highest BCUT2D eigenvalue weighted by molar-refractivity contribution is 5.98. The number of benzene rings is 2. The summed E-state index contributed by atoms with van der Waals surface area (Å²) < 4.78 is 0. The number of hydrazine groups is 1. The predicted molar refractivity (Wildman–Crippen MR) is 106 cm³/mol. The number of anilines is 2. The highest BCUT2D eigenvalue weighted by Crippen LogP contribution is 2.25. The zero-order chi connectivity index (χ0) is 19.9. The van der Waals surface area contributed by atoms with Crippen molar-refractivity contribution in [2.75, 3.05) is 10.7 Å². The van der Waals surface area contributed by atoms with Gasteiger partial charge in [0.2, 0.25) is 5.91 Å². The molecule has 1 saturated carbocycles. The minimum atomic E-state index is -0.532. The van der Waals surface area contributed by atoms with Crippen molar-refractivity contribution >= 4 is 28.9 Å². The Balaban J connectivity index is 1.62. The smallest absolute Gasteiger partial charge is 0.294 e. The van der Waals surface area contributed by atoms with Gasteiger partial charge in [-0.1, -0.05) is 37.5 Å². The molecule has 0 atom stereocenters. The van der Waals surface area contributed by atoms with Gasteiger partial charge in [0, 0.05) is 23.2 Å². The number of carbonyl (C=O) groups excluding carboxylic acids is 2. The number of nitro benzene ring substituents is 1. The van der Waals surface area contributed by atoms with E-state index >= 15 is 0 Å². The summed E-state index contributed by atoms with van der Waals surface area (Å²) in [7, 11) is 0. The normalized spacial score (nSPS) is 14.1. The van der Waals surface area contributed by atoms with E-state index in [0.717, 1.165) is 25.7 Å². The minimum Gasteiger partial charge on any atom is -0.326 e. The average molecular weight is 382 g/mol. The van der Waals surface area contributed by atoms with E-state index in [4.69, 9.17) is 0 Å². The third-order valence-corrected chi connectivity index (χ3v) is 4.78. The van der Waals surface area contributed by atoms with Crippen molar-refractivity contribution in [1.82, 2.24) is 5.43 Å². The maximum absolute atomic E-state index is 12.4. The van der Waals surface area contributed by atoms with Crippen molar-refractivity contribution in [2.45, 2.75) is 32.1 Å². The molecule has 1 aliphatic rings. The van der Waals surface area contributed by atoms with Crippen LogP contribution in [0.2, 0.25) is 0 Å². The fourth-order valence-electron chi connectivity index (χ4n) is 3.28. The molecule has 3 N–H and O–H groups in total. The summed E-state index contributed by atoms with van der Waals surface area (Å²) >= 11 is 0. The summed E-state index contributed by atoms with van der Waals surface area (Å²) in [4.78, 5) is 35.3. The summed E-state index contributed by atoms with van der Waals surface area (Å²) in [5.41, 5.74) is 5.94. The van der Waals surface area contributed by atoms with E-state index in [1.165, 1.54) is 18.6 Å². The molecule has 0 heterocycles. The fourth-order valence-corrected chi connectivity index (χ4v) is 3.28. The average Bonchev–Trinajstić information content (AvgIpc) is 2.73. The summed E-state index contributed by atoms with van der Waals surface area (Å²) in [6, 6.07) is 12.6. The zero-order valence-corrected chi connectivity index (χ0v) is 15.3. The maximum atomic E-state index is 12.4. The molecule has 3 rings (SSSR count). The van der Waals surface area contributed by atoms with Gasteiger partial charge in [0.15, 0.2) is 0 Å². The van der Waals surface area contributed by atoms with E-state index in [-0.39, 0.29) is 23.2 Å². The molecule has 0 unspecified atom stereocenters. The number of nitro groups is 1. The van der Waals surface area contributed by atoms with Crippen LogP contribution in [0.1, 0.15) is 42.5 Å². The van der Waals surface area contributed by atoms with Gasteiger partial charge >= 0.3 is 0 Å². The predicted octanol–water partition coefficient (Wildman–Crippen LogP) is 3.87. The Hall–Kier alpha value is -3.42. The quantitative estimate of drug-likeness (QED) is 0.518. The lowest BCUT2D eigenvalue weighted by molar-refractivity contribution is -0.384. The molecule has 0 bridgehead atoms. The van der Waals surface area contributed by atoms with Crippen molar-refractivity contribution in [2.24, 2.45) is 5.92 Å². The molecule has 2 aromatic carbocycles. The highest BCUT2D eigenvalue weighted by Gasteiger charge is 2.21. The second-order valence-electron chi connectivity index (χ2n) is 6.76. The van der Waals surface area contributed by atoms with Gasteiger partial charge < -0.3 is 5.32 Å². The Bertz CT molecular complexity index is 878. The first-order valence-electron chi connectivity index (χ1n) is 9.25. The molecule has 0 spiro atoms. The minimum absolute atomic E-state index is 0.0182. The van der Waals surface area contributed by atoms with Crippen LogP contribution < -0.4 is 16.2 Å². The van der Waals surface area contributed by atoms with E-state index in [2.05, 4.69) is 16.2 Å². The monoisotopic (exact) mass is 382 g/mol. The van der Waals surface area contributed by atoms with Gasteiger partial charge in [0.25, 0.3) is 11.6 Å². The number of nitrogens with zero attached hydrogens (tertiary/aromatic N) is 1. The Morgan fingerprint density at radius 2 is 1.75 bits per heavy atom. The first-order chi connectivity index (χ1) is 13.5. The van der Waals surface area contributed by atoms with Gasteiger partial charge in [-0.05, 0) is 37.1 Å². The SMILES string of the molecule is O=C(NNc1ccccc1[N+](=O)[O-])c1cccc(NC(=O)C2CCCCC2)c1. The number of hydrogen-bond acceptors (Lipinski definition) is 5. The number of carbonyl (C=O) groups is 2. The van der Waals surface area contributed by atoms with E-state index < -0.39 is 10.8 Å². The lowest BCUT2D eigenvalue weighted by atomic mass is 9.88. The van der Waals surface area contributed by atoms with Crippen molar-refractivity contribution in [3.05, 3.63) is 64.2 Å². The van der Waals surface area contributed by atoms with Crippen LogP contribution >= 0.6 is 0 Å².